The zero-order valence-corrected chi connectivity index (χ0v) is 24.5. The third kappa shape index (κ3) is 4.91. The number of methoxy groups -OCH3 is 1. The van der Waals surface area contributed by atoms with Gasteiger partial charge in [0.2, 0.25) is 11.7 Å². The third-order valence-electron chi connectivity index (χ3n) is 8.11. The first-order valence-corrected chi connectivity index (χ1v) is 13.5. The zero-order chi connectivity index (χ0) is 31.5. The van der Waals surface area contributed by atoms with E-state index >= 15 is 0 Å². The van der Waals surface area contributed by atoms with Gasteiger partial charge in [0.1, 0.15) is 22.8 Å². The maximum Gasteiger partial charge on any atom is 0.255 e. The van der Waals surface area contributed by atoms with Crippen molar-refractivity contribution in [3.8, 4) is 11.5 Å². The lowest BCUT2D eigenvalue weighted by molar-refractivity contribution is -0.153. The van der Waals surface area contributed by atoms with E-state index in [-0.39, 0.29) is 47.4 Å². The number of Topliss-reactive ketones (excluding diaryl/α,β-unsaturated/α-hetero) is 2. The number of ketones is 2. The number of rotatable bonds is 7. The van der Waals surface area contributed by atoms with Gasteiger partial charge < -0.3 is 41.5 Å². The first-order valence-electron chi connectivity index (χ1n) is 13.5. The van der Waals surface area contributed by atoms with E-state index in [1.54, 1.807) is 0 Å². The molecule has 42 heavy (non-hydrogen) atoms. The molecule has 0 heterocycles. The Labute approximate surface area is 243 Å². The molecule has 0 spiro atoms. The second kappa shape index (κ2) is 10.7. The number of carbonyl (C=O) groups is 4. The maximum atomic E-state index is 14.0. The number of hydrogen-bond donors (Lipinski definition) is 7. The minimum atomic E-state index is -2.74. The molecule has 1 aromatic carbocycles. The molecule has 13 nitrogen and oxygen atoms in total. The van der Waals surface area contributed by atoms with E-state index in [1.165, 1.54) is 32.2 Å². The van der Waals surface area contributed by atoms with Gasteiger partial charge >= 0.3 is 0 Å². The van der Waals surface area contributed by atoms with Crippen molar-refractivity contribution >= 4 is 34.8 Å². The largest absolute Gasteiger partial charge is 0.508 e. The molecule has 3 aliphatic rings. The lowest BCUT2D eigenvalue weighted by Crippen LogP contribution is -2.65. The number of anilines is 1. The van der Waals surface area contributed by atoms with E-state index in [0.29, 0.717) is 12.1 Å². The third-order valence-corrected chi connectivity index (χ3v) is 8.11. The van der Waals surface area contributed by atoms with Gasteiger partial charge in [-0.05, 0) is 38.3 Å². The van der Waals surface area contributed by atoms with E-state index < -0.39 is 69.7 Å². The van der Waals surface area contributed by atoms with Gasteiger partial charge in [-0.25, -0.2) is 0 Å². The van der Waals surface area contributed by atoms with Crippen LogP contribution in [-0.4, -0.2) is 94.6 Å². The number of phenols is 1. The van der Waals surface area contributed by atoms with Crippen molar-refractivity contribution in [3.05, 3.63) is 34.1 Å². The molecule has 0 radical (unpaired) electrons. The number of benzene rings is 1. The standard InChI is InChI=1S/C29H38N4O9/c1-28(2,3)11-31-10-17(34)32-15-9-16(42-6)13-7-12-8-14-21(33(4)5)24(37)20(27(30)40)26(39)29(14,41)25(38)18(12)23(36)19(13)22(15)35/h9,12,14,21,31,35-36,39,41H,7-8,10-11H2,1-6H3,(H2,30,40)(H,32,34)/t12-,14-,21-,29-/m0/s1. The number of aliphatic hydroxyl groups is 3. The summed E-state index contributed by atoms with van der Waals surface area (Å²) in [7, 11) is 4.44. The number of ether oxygens (including phenoxy) is 1. The number of nitrogens with one attached hydrogen (secondary N) is 2. The maximum absolute atomic E-state index is 14.0. The highest BCUT2D eigenvalue weighted by Gasteiger charge is 2.64. The number of aromatic hydroxyl groups is 1. The summed E-state index contributed by atoms with van der Waals surface area (Å²) in [5.74, 6) is -7.80. The minimum absolute atomic E-state index is 0.0480. The van der Waals surface area contributed by atoms with Crippen molar-refractivity contribution in [2.45, 2.75) is 45.3 Å². The normalized spacial score (nSPS) is 25.7. The van der Waals surface area contributed by atoms with Gasteiger partial charge in [-0.1, -0.05) is 20.8 Å². The number of primary amides is 1. The van der Waals surface area contributed by atoms with Crippen molar-refractivity contribution in [2.75, 3.05) is 39.6 Å². The van der Waals surface area contributed by atoms with E-state index in [4.69, 9.17) is 10.5 Å². The quantitative estimate of drug-likeness (QED) is 0.173. The Bertz CT molecular complexity index is 1440. The van der Waals surface area contributed by atoms with Crippen molar-refractivity contribution < 1.29 is 44.3 Å². The van der Waals surface area contributed by atoms with Gasteiger partial charge in [0.05, 0.1) is 30.9 Å². The van der Waals surface area contributed by atoms with Crippen molar-refractivity contribution in [1.29, 1.82) is 0 Å². The minimum Gasteiger partial charge on any atom is -0.508 e. The number of fused-ring (bicyclic) bond motifs is 3. The summed E-state index contributed by atoms with van der Waals surface area (Å²) in [4.78, 5) is 53.4. The highest BCUT2D eigenvalue weighted by atomic mass is 16.5. The lowest BCUT2D eigenvalue weighted by Gasteiger charge is -2.50. The molecule has 1 aromatic rings. The average molecular weight is 587 g/mol. The molecule has 0 saturated heterocycles. The predicted molar refractivity (Wildman–Crippen MR) is 152 cm³/mol. The molecular formula is C29H38N4O9. The summed E-state index contributed by atoms with van der Waals surface area (Å²) in [6.45, 7) is 6.51. The lowest BCUT2D eigenvalue weighted by atomic mass is 9.57. The molecule has 13 heteroatoms. The fourth-order valence-corrected chi connectivity index (χ4v) is 6.30. The van der Waals surface area contributed by atoms with Crippen LogP contribution in [0, 0.1) is 17.3 Å². The Balaban J connectivity index is 1.82. The Morgan fingerprint density at radius 1 is 1.19 bits per heavy atom. The van der Waals surface area contributed by atoms with Gasteiger partial charge in [-0.2, -0.15) is 0 Å². The summed E-state index contributed by atoms with van der Waals surface area (Å²) in [5.41, 5.74) is 1.46. The number of amides is 2. The summed E-state index contributed by atoms with van der Waals surface area (Å²) in [6.07, 6.45) is 0.0141. The number of carbonyl (C=O) groups excluding carboxylic acids is 4. The number of aliphatic hydroxyl groups excluding tert-OH is 2. The second-order valence-electron chi connectivity index (χ2n) is 12.5. The van der Waals surface area contributed by atoms with Gasteiger partial charge in [0.25, 0.3) is 5.91 Å². The van der Waals surface area contributed by atoms with Crippen molar-refractivity contribution in [1.82, 2.24) is 10.2 Å². The van der Waals surface area contributed by atoms with Crippen LogP contribution in [0.2, 0.25) is 0 Å². The van der Waals surface area contributed by atoms with Crippen LogP contribution in [0.3, 0.4) is 0 Å². The monoisotopic (exact) mass is 586 g/mol. The molecular weight excluding hydrogens is 548 g/mol. The van der Waals surface area contributed by atoms with Crippen LogP contribution in [0.5, 0.6) is 11.5 Å². The van der Waals surface area contributed by atoms with Crippen LogP contribution < -0.4 is 21.1 Å². The fraction of sp³-hybridized carbons (Fsp3) is 0.517. The molecule has 228 valence electrons. The fourth-order valence-electron chi connectivity index (χ4n) is 6.30. The van der Waals surface area contributed by atoms with Crippen LogP contribution >= 0.6 is 0 Å². The van der Waals surface area contributed by atoms with Crippen LogP contribution in [-0.2, 0) is 25.6 Å². The number of nitrogens with zero attached hydrogens (tertiary/aromatic N) is 1. The van der Waals surface area contributed by atoms with E-state index in [0.717, 1.165) is 0 Å². The topological polar surface area (TPSA) is 212 Å². The highest BCUT2D eigenvalue weighted by molar-refractivity contribution is 6.24. The second-order valence-corrected chi connectivity index (χ2v) is 12.5. The van der Waals surface area contributed by atoms with E-state index in [2.05, 4.69) is 10.6 Å². The van der Waals surface area contributed by atoms with Crippen molar-refractivity contribution in [3.63, 3.8) is 0 Å². The molecule has 2 amide bonds. The molecule has 0 unspecified atom stereocenters. The number of nitrogens with two attached hydrogens (primary N) is 1. The molecule has 3 aliphatic carbocycles. The Morgan fingerprint density at radius 3 is 2.38 bits per heavy atom. The van der Waals surface area contributed by atoms with Gasteiger partial charge in [0, 0.05) is 29.7 Å². The summed E-state index contributed by atoms with van der Waals surface area (Å²) in [5, 5.41) is 50.9. The average Bonchev–Trinajstić information content (AvgIpc) is 2.86. The Kier molecular flexibility index (Phi) is 7.91. The molecule has 4 atom stereocenters. The smallest absolute Gasteiger partial charge is 0.255 e. The van der Waals surface area contributed by atoms with E-state index in [9.17, 15) is 39.6 Å². The van der Waals surface area contributed by atoms with E-state index in [1.807, 2.05) is 20.8 Å². The van der Waals surface area contributed by atoms with Crippen LogP contribution in [0.1, 0.15) is 38.3 Å². The summed E-state index contributed by atoms with van der Waals surface area (Å²) in [6, 6.07) is 0.234. The Hall–Kier alpha value is -3.94. The van der Waals surface area contributed by atoms with Crippen LogP contribution in [0.25, 0.3) is 5.76 Å². The first kappa shape index (κ1) is 31.0. The number of phenolic OH excluding ortho intramolecular Hbond substituents is 1. The first-order chi connectivity index (χ1) is 19.4. The molecule has 0 bridgehead atoms. The molecule has 8 N–H and O–H groups in total. The van der Waals surface area contributed by atoms with Crippen LogP contribution in [0.15, 0.2) is 23.0 Å². The molecule has 1 fully saturated rings. The molecule has 0 aliphatic heterocycles. The zero-order valence-electron chi connectivity index (χ0n) is 24.5. The molecule has 1 saturated carbocycles. The number of hydrogen-bond acceptors (Lipinski definition) is 11. The van der Waals surface area contributed by atoms with Gasteiger partial charge in [-0.15, -0.1) is 0 Å². The van der Waals surface area contributed by atoms with Gasteiger partial charge in [0.15, 0.2) is 17.1 Å². The predicted octanol–water partition coefficient (Wildman–Crippen LogP) is 0.547. The summed E-state index contributed by atoms with van der Waals surface area (Å²) >= 11 is 0. The molecule has 0 aromatic heterocycles. The molecule has 4 rings (SSSR count). The van der Waals surface area contributed by atoms with Crippen molar-refractivity contribution in [2.24, 2.45) is 23.0 Å². The highest BCUT2D eigenvalue weighted by Crippen LogP contribution is 2.54. The summed E-state index contributed by atoms with van der Waals surface area (Å²) < 4.78 is 5.52. The Morgan fingerprint density at radius 2 is 1.83 bits per heavy atom. The van der Waals surface area contributed by atoms with Crippen LogP contribution in [0.4, 0.5) is 5.69 Å². The van der Waals surface area contributed by atoms with Gasteiger partial charge in [-0.3, -0.25) is 24.1 Å². The SMILES string of the molecule is COc1cc(NC(=O)CNCC(C)(C)C)c(O)c2c1C[C@H]1C[C@H]3[C@H](N(C)C)C(=O)C(C(N)=O)=C(O)[C@@]3(O)C(=O)C1=C2O. The number of likely N-dealkylation sites (N-methyl/N-ethyl adjacent to an activating group) is 1.